The minimum absolute atomic E-state index is 0.164. The Kier molecular flexibility index (Phi) is 3.99. The van der Waals surface area contributed by atoms with E-state index in [2.05, 4.69) is 25.3 Å². The number of aromatic nitrogens is 5. The lowest BCUT2D eigenvalue weighted by Gasteiger charge is -2.06. The number of rotatable bonds is 6. The average Bonchev–Trinajstić information content (AvgIpc) is 3.38. The van der Waals surface area contributed by atoms with Crippen LogP contribution in [0, 0.1) is 0 Å². The molecule has 0 radical (unpaired) electrons. The summed E-state index contributed by atoms with van der Waals surface area (Å²) in [5, 5.41) is 2.92. The molecular formula is C17H16N6O2. The van der Waals surface area contributed by atoms with Gasteiger partial charge in [0, 0.05) is 31.7 Å². The maximum absolute atomic E-state index is 12.5. The van der Waals surface area contributed by atoms with Crippen molar-refractivity contribution in [2.75, 3.05) is 6.54 Å². The van der Waals surface area contributed by atoms with Crippen LogP contribution in [0.25, 0.3) is 22.6 Å². The van der Waals surface area contributed by atoms with Crippen molar-refractivity contribution < 1.29 is 9.21 Å². The largest absolute Gasteiger partial charge is 0.472 e. The van der Waals surface area contributed by atoms with Crippen molar-refractivity contribution in [2.45, 2.75) is 13.0 Å². The number of fused-ring (bicyclic) bond motifs is 1. The molecule has 0 aliphatic heterocycles. The van der Waals surface area contributed by atoms with Gasteiger partial charge in [0.2, 0.25) is 0 Å². The predicted octanol–water partition coefficient (Wildman–Crippen LogP) is 2.23. The van der Waals surface area contributed by atoms with Gasteiger partial charge < -0.3 is 19.3 Å². The fourth-order valence-electron chi connectivity index (χ4n) is 2.61. The summed E-state index contributed by atoms with van der Waals surface area (Å²) in [5.74, 6) is 0.458. The molecule has 0 saturated heterocycles. The lowest BCUT2D eigenvalue weighted by Crippen LogP contribution is -2.25. The Hall–Kier alpha value is -3.42. The van der Waals surface area contributed by atoms with E-state index >= 15 is 0 Å². The molecule has 25 heavy (non-hydrogen) atoms. The first kappa shape index (κ1) is 15.1. The van der Waals surface area contributed by atoms with Crippen molar-refractivity contribution in [2.24, 2.45) is 0 Å². The first-order chi connectivity index (χ1) is 12.3. The molecule has 2 N–H and O–H groups in total. The predicted molar refractivity (Wildman–Crippen MR) is 90.8 cm³/mol. The number of amides is 1. The summed E-state index contributed by atoms with van der Waals surface area (Å²) in [6.45, 7) is 1.37. The van der Waals surface area contributed by atoms with Gasteiger partial charge in [0.1, 0.15) is 17.6 Å². The summed E-state index contributed by atoms with van der Waals surface area (Å²) in [4.78, 5) is 28.3. The fraction of sp³-hybridized carbons (Fsp3) is 0.176. The molecule has 4 heterocycles. The molecule has 0 aliphatic carbocycles. The molecule has 8 heteroatoms. The second-order valence-electron chi connectivity index (χ2n) is 5.56. The first-order valence-electron chi connectivity index (χ1n) is 7.92. The lowest BCUT2D eigenvalue weighted by molar-refractivity contribution is 0.0954. The van der Waals surface area contributed by atoms with Crippen LogP contribution in [-0.2, 0) is 6.54 Å². The van der Waals surface area contributed by atoms with Crippen molar-refractivity contribution in [1.29, 1.82) is 0 Å². The summed E-state index contributed by atoms with van der Waals surface area (Å²) >= 11 is 0. The zero-order valence-corrected chi connectivity index (χ0v) is 13.3. The number of nitrogens with zero attached hydrogens (tertiary/aromatic N) is 4. The van der Waals surface area contributed by atoms with Gasteiger partial charge in [0.25, 0.3) is 5.91 Å². The van der Waals surface area contributed by atoms with Crippen LogP contribution in [0.1, 0.15) is 16.8 Å². The quantitative estimate of drug-likeness (QED) is 0.526. The second-order valence-corrected chi connectivity index (χ2v) is 5.56. The van der Waals surface area contributed by atoms with Crippen molar-refractivity contribution in [1.82, 2.24) is 29.8 Å². The molecule has 0 unspecified atom stereocenters. The van der Waals surface area contributed by atoms with E-state index < -0.39 is 0 Å². The van der Waals surface area contributed by atoms with Gasteiger partial charge in [-0.25, -0.2) is 15.0 Å². The number of hydrogen-bond acceptors (Lipinski definition) is 5. The monoisotopic (exact) mass is 336 g/mol. The van der Waals surface area contributed by atoms with Crippen LogP contribution in [0.4, 0.5) is 0 Å². The number of nitrogens with one attached hydrogen (secondary N) is 2. The van der Waals surface area contributed by atoms with E-state index in [1.807, 2.05) is 10.8 Å². The van der Waals surface area contributed by atoms with Crippen molar-refractivity contribution >= 4 is 17.1 Å². The molecule has 4 aromatic heterocycles. The number of aromatic amines is 1. The van der Waals surface area contributed by atoms with E-state index in [0.29, 0.717) is 29.1 Å². The molecular weight excluding hydrogens is 320 g/mol. The van der Waals surface area contributed by atoms with Crippen LogP contribution in [0.15, 0.2) is 54.0 Å². The molecule has 4 aromatic rings. The third-order valence-corrected chi connectivity index (χ3v) is 3.86. The number of furan rings is 1. The van der Waals surface area contributed by atoms with Crippen LogP contribution in [-0.4, -0.2) is 37.0 Å². The van der Waals surface area contributed by atoms with Crippen LogP contribution in [0.3, 0.4) is 0 Å². The third kappa shape index (κ3) is 3.14. The summed E-state index contributed by atoms with van der Waals surface area (Å²) in [6, 6.07) is 3.47. The average molecular weight is 336 g/mol. The summed E-state index contributed by atoms with van der Waals surface area (Å²) in [6.07, 6.45) is 11.0. The molecule has 0 aliphatic rings. The second kappa shape index (κ2) is 6.60. The van der Waals surface area contributed by atoms with E-state index in [1.165, 1.54) is 0 Å². The zero-order chi connectivity index (χ0) is 17.1. The summed E-state index contributed by atoms with van der Waals surface area (Å²) in [5.41, 5.74) is 2.43. The highest BCUT2D eigenvalue weighted by Crippen LogP contribution is 2.21. The molecule has 0 fully saturated rings. The van der Waals surface area contributed by atoms with Gasteiger partial charge in [-0.15, -0.1) is 0 Å². The highest BCUT2D eigenvalue weighted by atomic mass is 16.3. The Bertz CT molecular complexity index is 972. The topological polar surface area (TPSA) is 102 Å². The van der Waals surface area contributed by atoms with Gasteiger partial charge in [-0.05, 0) is 18.6 Å². The Balaban J connectivity index is 1.47. The highest BCUT2D eigenvalue weighted by molar-refractivity contribution is 6.04. The molecule has 4 rings (SSSR count). The smallest absolute Gasteiger partial charge is 0.253 e. The molecule has 1 amide bonds. The Morgan fingerprint density at radius 2 is 2.28 bits per heavy atom. The number of hydrogen-bond donors (Lipinski definition) is 2. The Morgan fingerprint density at radius 1 is 1.32 bits per heavy atom. The van der Waals surface area contributed by atoms with Gasteiger partial charge in [0.05, 0.1) is 23.7 Å². The number of carbonyl (C=O) groups is 1. The van der Waals surface area contributed by atoms with Gasteiger partial charge in [-0.1, -0.05) is 0 Å². The lowest BCUT2D eigenvalue weighted by atomic mass is 10.2. The van der Waals surface area contributed by atoms with Crippen LogP contribution in [0.2, 0.25) is 0 Å². The Labute approximate surface area is 142 Å². The van der Waals surface area contributed by atoms with Crippen molar-refractivity contribution in [3.63, 3.8) is 0 Å². The molecule has 0 bridgehead atoms. The number of aryl methyl sites for hydroxylation is 1. The molecule has 0 aromatic carbocycles. The van der Waals surface area contributed by atoms with E-state index in [4.69, 9.17) is 4.42 Å². The number of H-pyrrole nitrogens is 1. The Morgan fingerprint density at radius 3 is 3.08 bits per heavy atom. The van der Waals surface area contributed by atoms with Gasteiger partial charge in [-0.3, -0.25) is 4.79 Å². The minimum atomic E-state index is -0.164. The van der Waals surface area contributed by atoms with Crippen molar-refractivity contribution in [3.8, 4) is 11.4 Å². The third-order valence-electron chi connectivity index (χ3n) is 3.86. The van der Waals surface area contributed by atoms with Gasteiger partial charge in [0.15, 0.2) is 5.65 Å². The van der Waals surface area contributed by atoms with Gasteiger partial charge in [-0.2, -0.15) is 0 Å². The SMILES string of the molecule is O=C(NCCCn1ccnc1)c1ccnc2[nH]c(-c3ccoc3)nc12. The standard InChI is InChI=1S/C17H16N6O2/c24-17(20-4-1-7-23-8-6-18-11-23)13-2-5-19-16-14(13)21-15(22-16)12-3-9-25-10-12/h2-3,5-6,8-11H,1,4,7H2,(H,20,24)(H,19,21,22). The number of pyridine rings is 1. The maximum Gasteiger partial charge on any atom is 0.253 e. The number of imidazole rings is 2. The van der Waals surface area contributed by atoms with Crippen LogP contribution in [0.5, 0.6) is 0 Å². The fourth-order valence-corrected chi connectivity index (χ4v) is 2.61. The van der Waals surface area contributed by atoms with Crippen LogP contribution >= 0.6 is 0 Å². The molecule has 126 valence electrons. The zero-order valence-electron chi connectivity index (χ0n) is 13.3. The normalized spacial score (nSPS) is 11.0. The van der Waals surface area contributed by atoms with E-state index in [0.717, 1.165) is 18.5 Å². The highest BCUT2D eigenvalue weighted by Gasteiger charge is 2.15. The van der Waals surface area contributed by atoms with Crippen molar-refractivity contribution in [3.05, 3.63) is 55.1 Å². The van der Waals surface area contributed by atoms with E-state index in [1.54, 1.807) is 43.4 Å². The summed E-state index contributed by atoms with van der Waals surface area (Å²) in [7, 11) is 0. The van der Waals surface area contributed by atoms with E-state index in [9.17, 15) is 4.79 Å². The maximum atomic E-state index is 12.5. The molecule has 0 spiro atoms. The first-order valence-corrected chi connectivity index (χ1v) is 7.92. The van der Waals surface area contributed by atoms with E-state index in [-0.39, 0.29) is 5.91 Å². The molecule has 0 atom stereocenters. The van der Waals surface area contributed by atoms with Crippen LogP contribution < -0.4 is 5.32 Å². The number of carbonyl (C=O) groups excluding carboxylic acids is 1. The minimum Gasteiger partial charge on any atom is -0.472 e. The van der Waals surface area contributed by atoms with Gasteiger partial charge >= 0.3 is 0 Å². The molecule has 0 saturated carbocycles. The summed E-state index contributed by atoms with van der Waals surface area (Å²) < 4.78 is 7.05. The molecule has 8 nitrogen and oxygen atoms in total.